The van der Waals surface area contributed by atoms with Crippen LogP contribution in [-0.4, -0.2) is 24.5 Å². The minimum atomic E-state index is -0.458. The van der Waals surface area contributed by atoms with Gasteiger partial charge in [-0.25, -0.2) is 4.79 Å². The van der Waals surface area contributed by atoms with E-state index in [2.05, 4.69) is 10.1 Å². The first-order valence-electron chi connectivity index (χ1n) is 5.92. The summed E-state index contributed by atoms with van der Waals surface area (Å²) in [5.74, 6) is 0.214. The summed E-state index contributed by atoms with van der Waals surface area (Å²) in [5, 5.41) is 2.79. The standard InChI is InChI=1S/C14H19NO4/c1-9-11(13(17)18-5)8-10(19-9)6-7-12(16)15-14(2,3)4/h6-8H,1-5H3,(H,15,16)/b7-6+. The number of aryl methyl sites for hydroxylation is 1. The number of carbonyl (C=O) groups is 2. The van der Waals surface area contributed by atoms with Gasteiger partial charge in [-0.1, -0.05) is 0 Å². The first-order chi connectivity index (χ1) is 8.73. The molecule has 0 bridgehead atoms. The van der Waals surface area contributed by atoms with Gasteiger partial charge in [-0.05, 0) is 39.8 Å². The van der Waals surface area contributed by atoms with Gasteiger partial charge in [0.25, 0.3) is 0 Å². The molecule has 1 heterocycles. The molecule has 1 amide bonds. The smallest absolute Gasteiger partial charge is 0.341 e. The topological polar surface area (TPSA) is 68.5 Å². The van der Waals surface area contributed by atoms with Crippen molar-refractivity contribution in [3.8, 4) is 0 Å². The van der Waals surface area contributed by atoms with Crippen molar-refractivity contribution in [1.82, 2.24) is 5.32 Å². The maximum atomic E-state index is 11.6. The van der Waals surface area contributed by atoms with Crippen molar-refractivity contribution in [2.45, 2.75) is 33.2 Å². The maximum absolute atomic E-state index is 11.6. The maximum Gasteiger partial charge on any atom is 0.341 e. The first kappa shape index (κ1) is 15.0. The van der Waals surface area contributed by atoms with Gasteiger partial charge in [-0.15, -0.1) is 0 Å². The van der Waals surface area contributed by atoms with E-state index in [4.69, 9.17) is 4.42 Å². The molecule has 0 spiro atoms. The zero-order valence-electron chi connectivity index (χ0n) is 11.9. The van der Waals surface area contributed by atoms with Gasteiger partial charge in [0.2, 0.25) is 5.91 Å². The van der Waals surface area contributed by atoms with Crippen LogP contribution in [0.4, 0.5) is 0 Å². The van der Waals surface area contributed by atoms with E-state index < -0.39 is 5.97 Å². The molecule has 5 nitrogen and oxygen atoms in total. The van der Waals surface area contributed by atoms with E-state index in [0.717, 1.165) is 0 Å². The molecule has 0 aromatic carbocycles. The zero-order valence-corrected chi connectivity index (χ0v) is 11.9. The van der Waals surface area contributed by atoms with Crippen LogP contribution in [0, 0.1) is 6.92 Å². The van der Waals surface area contributed by atoms with Crippen molar-refractivity contribution < 1.29 is 18.7 Å². The molecule has 1 N–H and O–H groups in total. The highest BCUT2D eigenvalue weighted by Gasteiger charge is 2.15. The fraction of sp³-hybridized carbons (Fsp3) is 0.429. The normalized spacial score (nSPS) is 11.6. The number of carbonyl (C=O) groups excluding carboxylic acids is 2. The van der Waals surface area contributed by atoms with Gasteiger partial charge in [0.15, 0.2) is 0 Å². The van der Waals surface area contributed by atoms with Crippen LogP contribution in [0.25, 0.3) is 6.08 Å². The Morgan fingerprint density at radius 2 is 2.00 bits per heavy atom. The van der Waals surface area contributed by atoms with E-state index >= 15 is 0 Å². The lowest BCUT2D eigenvalue weighted by atomic mass is 10.1. The van der Waals surface area contributed by atoms with E-state index in [1.54, 1.807) is 13.0 Å². The lowest BCUT2D eigenvalue weighted by molar-refractivity contribution is -0.117. The third-order valence-corrected chi connectivity index (χ3v) is 2.24. The van der Waals surface area contributed by atoms with Crippen LogP contribution < -0.4 is 5.32 Å². The molecule has 0 aliphatic rings. The van der Waals surface area contributed by atoms with Crippen LogP contribution in [0.2, 0.25) is 0 Å². The Morgan fingerprint density at radius 3 is 2.53 bits per heavy atom. The molecule has 1 aromatic heterocycles. The van der Waals surface area contributed by atoms with Crippen LogP contribution in [0.15, 0.2) is 16.6 Å². The summed E-state index contributed by atoms with van der Waals surface area (Å²) < 4.78 is 9.97. The second-order valence-electron chi connectivity index (χ2n) is 5.18. The Hall–Kier alpha value is -2.04. The fourth-order valence-corrected chi connectivity index (χ4v) is 1.47. The number of methoxy groups -OCH3 is 1. The molecule has 5 heteroatoms. The number of esters is 1. The van der Waals surface area contributed by atoms with Crippen molar-refractivity contribution in [3.63, 3.8) is 0 Å². The van der Waals surface area contributed by atoms with Gasteiger partial charge in [-0.2, -0.15) is 0 Å². The van der Waals surface area contributed by atoms with Crippen LogP contribution in [0.3, 0.4) is 0 Å². The van der Waals surface area contributed by atoms with E-state index in [0.29, 0.717) is 17.1 Å². The lowest BCUT2D eigenvalue weighted by Crippen LogP contribution is -2.39. The van der Waals surface area contributed by atoms with Crippen molar-refractivity contribution in [1.29, 1.82) is 0 Å². The summed E-state index contributed by atoms with van der Waals surface area (Å²) in [6.07, 6.45) is 2.88. The number of rotatable bonds is 3. The Balaban J connectivity index is 2.78. The second kappa shape index (κ2) is 5.73. The summed E-state index contributed by atoms with van der Waals surface area (Å²) in [5.41, 5.74) is 0.0656. The quantitative estimate of drug-likeness (QED) is 0.672. The Morgan fingerprint density at radius 1 is 1.37 bits per heavy atom. The summed E-state index contributed by atoms with van der Waals surface area (Å²) in [6.45, 7) is 7.35. The van der Waals surface area contributed by atoms with Crippen LogP contribution in [0.5, 0.6) is 0 Å². The van der Waals surface area contributed by atoms with Crippen LogP contribution >= 0.6 is 0 Å². The summed E-state index contributed by atoms with van der Waals surface area (Å²) >= 11 is 0. The first-order valence-corrected chi connectivity index (χ1v) is 5.92. The summed E-state index contributed by atoms with van der Waals surface area (Å²) in [6, 6.07) is 1.54. The van der Waals surface area contributed by atoms with E-state index in [9.17, 15) is 9.59 Å². The molecule has 0 atom stereocenters. The molecule has 0 unspecified atom stereocenters. The predicted octanol–water partition coefficient (Wildman–Crippen LogP) is 2.30. The van der Waals surface area contributed by atoms with E-state index in [-0.39, 0.29) is 11.4 Å². The van der Waals surface area contributed by atoms with Gasteiger partial charge in [0.05, 0.1) is 7.11 Å². The highest BCUT2D eigenvalue weighted by Crippen LogP contribution is 2.16. The minimum absolute atomic E-state index is 0.221. The number of nitrogens with one attached hydrogen (secondary N) is 1. The Kier molecular flexibility index (Phi) is 4.53. The van der Waals surface area contributed by atoms with Crippen LogP contribution in [0.1, 0.15) is 42.6 Å². The predicted molar refractivity (Wildman–Crippen MR) is 71.7 cm³/mol. The molecular formula is C14H19NO4. The Bertz CT molecular complexity index is 506. The molecule has 19 heavy (non-hydrogen) atoms. The molecule has 0 saturated heterocycles. The van der Waals surface area contributed by atoms with Gasteiger partial charge in [0.1, 0.15) is 17.1 Å². The molecular weight excluding hydrogens is 246 g/mol. The molecule has 0 aliphatic heterocycles. The molecule has 0 saturated carbocycles. The number of hydrogen-bond acceptors (Lipinski definition) is 4. The van der Waals surface area contributed by atoms with Gasteiger partial charge < -0.3 is 14.5 Å². The fourth-order valence-electron chi connectivity index (χ4n) is 1.47. The van der Waals surface area contributed by atoms with Gasteiger partial charge in [0, 0.05) is 11.6 Å². The molecule has 0 fully saturated rings. The third-order valence-electron chi connectivity index (χ3n) is 2.24. The minimum Gasteiger partial charge on any atom is -0.465 e. The van der Waals surface area contributed by atoms with E-state index in [1.807, 2.05) is 20.8 Å². The Labute approximate surface area is 112 Å². The highest BCUT2D eigenvalue weighted by atomic mass is 16.5. The average Bonchev–Trinajstić information content (AvgIpc) is 2.65. The lowest BCUT2D eigenvalue weighted by Gasteiger charge is -2.18. The molecule has 1 rings (SSSR count). The van der Waals surface area contributed by atoms with Crippen LogP contribution in [-0.2, 0) is 9.53 Å². The average molecular weight is 265 g/mol. The van der Waals surface area contributed by atoms with Gasteiger partial charge in [-0.3, -0.25) is 4.79 Å². The number of amides is 1. The molecule has 1 aromatic rings. The summed E-state index contributed by atoms with van der Waals surface area (Å²) in [7, 11) is 1.31. The number of furan rings is 1. The molecule has 0 aliphatic carbocycles. The third kappa shape index (κ3) is 4.62. The molecule has 104 valence electrons. The SMILES string of the molecule is COC(=O)c1cc(/C=C/C(=O)NC(C)(C)C)oc1C. The summed E-state index contributed by atoms with van der Waals surface area (Å²) in [4.78, 5) is 23.0. The second-order valence-corrected chi connectivity index (χ2v) is 5.18. The zero-order chi connectivity index (χ0) is 14.6. The highest BCUT2D eigenvalue weighted by molar-refractivity contribution is 5.93. The largest absolute Gasteiger partial charge is 0.465 e. The molecule has 0 radical (unpaired) electrons. The van der Waals surface area contributed by atoms with Crippen molar-refractivity contribution in [2.75, 3.05) is 7.11 Å². The number of ether oxygens (including phenoxy) is 1. The van der Waals surface area contributed by atoms with Crippen molar-refractivity contribution >= 4 is 18.0 Å². The van der Waals surface area contributed by atoms with Crippen molar-refractivity contribution in [3.05, 3.63) is 29.2 Å². The monoisotopic (exact) mass is 265 g/mol. The van der Waals surface area contributed by atoms with Gasteiger partial charge >= 0.3 is 5.97 Å². The number of hydrogen-bond donors (Lipinski definition) is 1. The van der Waals surface area contributed by atoms with E-state index in [1.165, 1.54) is 19.3 Å². The van der Waals surface area contributed by atoms with Crippen molar-refractivity contribution in [2.24, 2.45) is 0 Å².